The zero-order valence-electron chi connectivity index (χ0n) is 11.2. The topological polar surface area (TPSA) is 138 Å². The van der Waals surface area contributed by atoms with Crippen molar-refractivity contribution in [1.29, 1.82) is 0 Å². The van der Waals surface area contributed by atoms with Crippen molar-refractivity contribution in [2.24, 2.45) is 5.84 Å². The fourth-order valence-electron chi connectivity index (χ4n) is 2.10. The molecule has 21 heavy (non-hydrogen) atoms. The molecule has 0 aliphatic rings. The highest BCUT2D eigenvalue weighted by atomic mass is 16.4. The molecule has 9 nitrogen and oxygen atoms in total. The average Bonchev–Trinajstić information content (AvgIpc) is 3.04. The number of hydrogen-bond acceptors (Lipinski definition) is 7. The van der Waals surface area contributed by atoms with E-state index in [1.807, 2.05) is 5.43 Å². The Labute approximate surface area is 118 Å². The number of amides is 1. The van der Waals surface area contributed by atoms with Gasteiger partial charge in [0, 0.05) is 5.56 Å². The summed E-state index contributed by atoms with van der Waals surface area (Å²) in [5.74, 6) is 5.72. The van der Waals surface area contributed by atoms with Crippen molar-refractivity contribution in [1.82, 2.24) is 24.9 Å². The van der Waals surface area contributed by atoms with Gasteiger partial charge in [-0.25, -0.2) is 20.8 Å². The normalized spacial score (nSPS) is 11.0. The van der Waals surface area contributed by atoms with Gasteiger partial charge in [-0.1, -0.05) is 0 Å². The number of fused-ring (bicyclic) bond motifs is 1. The second-order valence-electron chi connectivity index (χ2n) is 4.50. The first-order valence-electron chi connectivity index (χ1n) is 6.11. The standard InChI is InChI=1S/C12H13N7O2/c1-6-2-7(21-9(6)12(20)18-14)3-19-5-17-8-10(13)15-4-16-11(8)19/h2,4-5H,3,14H2,1H3,(H,18,20)(H2,13,15,16). The highest BCUT2D eigenvalue weighted by Crippen LogP contribution is 2.19. The predicted molar refractivity (Wildman–Crippen MR) is 73.9 cm³/mol. The molecule has 0 fully saturated rings. The lowest BCUT2D eigenvalue weighted by Crippen LogP contribution is -2.30. The first-order chi connectivity index (χ1) is 10.1. The van der Waals surface area contributed by atoms with E-state index in [1.54, 1.807) is 23.9 Å². The molecule has 0 aliphatic carbocycles. The number of carbonyl (C=O) groups is 1. The van der Waals surface area contributed by atoms with Gasteiger partial charge in [0.15, 0.2) is 17.2 Å². The summed E-state index contributed by atoms with van der Waals surface area (Å²) in [7, 11) is 0. The molecular weight excluding hydrogens is 274 g/mol. The van der Waals surface area contributed by atoms with E-state index in [4.69, 9.17) is 16.0 Å². The lowest BCUT2D eigenvalue weighted by atomic mass is 10.2. The van der Waals surface area contributed by atoms with Crippen LogP contribution in [0.3, 0.4) is 0 Å². The van der Waals surface area contributed by atoms with E-state index >= 15 is 0 Å². The quantitative estimate of drug-likeness (QED) is 0.349. The van der Waals surface area contributed by atoms with Gasteiger partial charge in [-0.05, 0) is 13.0 Å². The zero-order chi connectivity index (χ0) is 15.0. The molecule has 0 unspecified atom stereocenters. The van der Waals surface area contributed by atoms with Crippen LogP contribution in [0.5, 0.6) is 0 Å². The summed E-state index contributed by atoms with van der Waals surface area (Å²) in [5.41, 5.74) is 9.60. The molecule has 3 heterocycles. The highest BCUT2D eigenvalue weighted by Gasteiger charge is 2.16. The zero-order valence-corrected chi connectivity index (χ0v) is 11.2. The molecule has 0 saturated heterocycles. The minimum Gasteiger partial charge on any atom is -0.454 e. The molecule has 0 atom stereocenters. The van der Waals surface area contributed by atoms with Crippen LogP contribution in [0.1, 0.15) is 21.9 Å². The van der Waals surface area contributed by atoms with Crippen molar-refractivity contribution in [2.75, 3.05) is 5.73 Å². The highest BCUT2D eigenvalue weighted by molar-refractivity contribution is 5.92. The SMILES string of the molecule is Cc1cc(Cn2cnc3c(N)ncnc32)oc1C(=O)NN. The molecule has 0 aromatic carbocycles. The number of nitrogen functional groups attached to an aromatic ring is 2. The van der Waals surface area contributed by atoms with Crippen molar-refractivity contribution in [3.05, 3.63) is 35.8 Å². The van der Waals surface area contributed by atoms with Crippen LogP contribution in [0.15, 0.2) is 23.1 Å². The molecule has 1 amide bonds. The number of aromatic nitrogens is 4. The Bertz CT molecular complexity index is 820. The minimum atomic E-state index is -0.471. The number of anilines is 1. The Morgan fingerprint density at radius 1 is 1.43 bits per heavy atom. The van der Waals surface area contributed by atoms with E-state index < -0.39 is 5.91 Å². The lowest BCUT2D eigenvalue weighted by molar-refractivity contribution is 0.0923. The molecule has 0 saturated carbocycles. The Hall–Kier alpha value is -2.94. The van der Waals surface area contributed by atoms with Crippen LogP contribution in [-0.4, -0.2) is 25.4 Å². The molecule has 3 aromatic rings. The van der Waals surface area contributed by atoms with Crippen LogP contribution in [0.2, 0.25) is 0 Å². The van der Waals surface area contributed by atoms with Gasteiger partial charge < -0.3 is 14.7 Å². The van der Waals surface area contributed by atoms with E-state index in [1.165, 1.54) is 6.33 Å². The van der Waals surface area contributed by atoms with Gasteiger partial charge in [0.2, 0.25) is 0 Å². The van der Waals surface area contributed by atoms with Gasteiger partial charge in [-0.2, -0.15) is 0 Å². The van der Waals surface area contributed by atoms with Crippen LogP contribution in [-0.2, 0) is 6.54 Å². The van der Waals surface area contributed by atoms with Crippen LogP contribution in [0.25, 0.3) is 11.2 Å². The summed E-state index contributed by atoms with van der Waals surface area (Å²) in [6, 6.07) is 1.76. The number of nitrogens with one attached hydrogen (secondary N) is 1. The Morgan fingerprint density at radius 3 is 3.00 bits per heavy atom. The van der Waals surface area contributed by atoms with E-state index in [-0.39, 0.29) is 5.76 Å². The molecule has 0 aliphatic heterocycles. The smallest absolute Gasteiger partial charge is 0.301 e. The molecule has 108 valence electrons. The molecule has 0 bridgehead atoms. The number of furan rings is 1. The number of hydrogen-bond donors (Lipinski definition) is 3. The van der Waals surface area contributed by atoms with Crippen LogP contribution < -0.4 is 17.0 Å². The third-order valence-corrected chi connectivity index (χ3v) is 3.06. The van der Waals surface area contributed by atoms with E-state index in [2.05, 4.69) is 15.0 Å². The summed E-state index contributed by atoms with van der Waals surface area (Å²) in [6.07, 6.45) is 2.97. The van der Waals surface area contributed by atoms with E-state index in [0.29, 0.717) is 34.9 Å². The third-order valence-electron chi connectivity index (χ3n) is 3.06. The fraction of sp³-hybridized carbons (Fsp3) is 0.167. The maximum absolute atomic E-state index is 11.5. The molecule has 3 aromatic heterocycles. The molecule has 3 rings (SSSR count). The summed E-state index contributed by atoms with van der Waals surface area (Å²) in [4.78, 5) is 23.7. The number of imidazole rings is 1. The van der Waals surface area contributed by atoms with Gasteiger partial charge in [-0.15, -0.1) is 0 Å². The maximum Gasteiger partial charge on any atom is 0.301 e. The first kappa shape index (κ1) is 13.1. The number of nitrogens with two attached hydrogens (primary N) is 2. The molecular formula is C12H13N7O2. The summed E-state index contributed by atoms with van der Waals surface area (Å²) < 4.78 is 7.26. The first-order valence-corrected chi connectivity index (χ1v) is 6.11. The monoisotopic (exact) mass is 287 g/mol. The van der Waals surface area contributed by atoms with Crippen molar-refractivity contribution >= 4 is 22.9 Å². The van der Waals surface area contributed by atoms with E-state index in [0.717, 1.165) is 0 Å². The number of hydrazine groups is 1. The van der Waals surface area contributed by atoms with Crippen molar-refractivity contribution in [2.45, 2.75) is 13.5 Å². The maximum atomic E-state index is 11.5. The van der Waals surface area contributed by atoms with Crippen molar-refractivity contribution in [3.63, 3.8) is 0 Å². The van der Waals surface area contributed by atoms with Gasteiger partial charge in [0.05, 0.1) is 12.9 Å². The van der Waals surface area contributed by atoms with Gasteiger partial charge in [0.25, 0.3) is 0 Å². The Morgan fingerprint density at radius 2 is 2.24 bits per heavy atom. The third kappa shape index (κ3) is 2.19. The van der Waals surface area contributed by atoms with Gasteiger partial charge in [0.1, 0.15) is 17.6 Å². The van der Waals surface area contributed by atoms with Gasteiger partial charge >= 0.3 is 5.91 Å². The number of nitrogens with zero attached hydrogens (tertiary/aromatic N) is 4. The van der Waals surface area contributed by atoms with Crippen LogP contribution in [0.4, 0.5) is 5.82 Å². The van der Waals surface area contributed by atoms with Crippen LogP contribution >= 0.6 is 0 Å². The second-order valence-corrected chi connectivity index (χ2v) is 4.50. The Kier molecular flexibility index (Phi) is 3.03. The number of aryl methyl sites for hydroxylation is 1. The number of carbonyl (C=O) groups excluding carboxylic acids is 1. The molecule has 9 heteroatoms. The summed E-state index contributed by atoms with van der Waals surface area (Å²) in [5, 5.41) is 0. The van der Waals surface area contributed by atoms with Crippen LogP contribution in [0, 0.1) is 6.92 Å². The van der Waals surface area contributed by atoms with Gasteiger partial charge in [-0.3, -0.25) is 10.2 Å². The fourth-order valence-corrected chi connectivity index (χ4v) is 2.10. The Balaban J connectivity index is 1.96. The molecule has 0 radical (unpaired) electrons. The predicted octanol–water partition coefficient (Wildman–Crippen LogP) is -0.0383. The number of rotatable bonds is 3. The largest absolute Gasteiger partial charge is 0.454 e. The van der Waals surface area contributed by atoms with Crippen molar-refractivity contribution < 1.29 is 9.21 Å². The summed E-state index contributed by atoms with van der Waals surface area (Å²) >= 11 is 0. The average molecular weight is 287 g/mol. The van der Waals surface area contributed by atoms with Crippen molar-refractivity contribution in [3.8, 4) is 0 Å². The minimum absolute atomic E-state index is 0.186. The lowest BCUT2D eigenvalue weighted by Gasteiger charge is -2.01. The molecule has 0 spiro atoms. The van der Waals surface area contributed by atoms with E-state index in [9.17, 15) is 4.79 Å². The molecule has 5 N–H and O–H groups in total. The summed E-state index contributed by atoms with van der Waals surface area (Å²) in [6.45, 7) is 2.13. The second kappa shape index (κ2) is 4.87.